The van der Waals surface area contributed by atoms with E-state index in [1.165, 1.54) is 24.3 Å². The number of hydrogen-bond donors (Lipinski definition) is 1. The normalized spacial score (nSPS) is 21.3. The standard InChI is InChI=1S/C13H18N2O5S2/c1-3-8-14-22(19,20)12-6-4-11(5-7-12)15-13(16)10(2)9-21(15,17)18/h4-7,10,14H,3,8-9H2,1-2H3. The van der Waals surface area contributed by atoms with Crippen molar-refractivity contribution < 1.29 is 21.6 Å². The van der Waals surface area contributed by atoms with Gasteiger partial charge in [-0.25, -0.2) is 25.9 Å². The maximum Gasteiger partial charge on any atom is 0.244 e. The van der Waals surface area contributed by atoms with Crippen LogP contribution in [0, 0.1) is 5.92 Å². The first-order valence-corrected chi connectivity index (χ1v) is 9.95. The molecule has 122 valence electrons. The summed E-state index contributed by atoms with van der Waals surface area (Å²) < 4.78 is 51.0. The van der Waals surface area contributed by atoms with Crippen LogP contribution in [0.4, 0.5) is 5.69 Å². The fraction of sp³-hybridized carbons (Fsp3) is 0.462. The molecule has 7 nitrogen and oxygen atoms in total. The molecule has 1 fully saturated rings. The monoisotopic (exact) mass is 346 g/mol. The Balaban J connectivity index is 2.32. The minimum Gasteiger partial charge on any atom is -0.273 e. The highest BCUT2D eigenvalue weighted by atomic mass is 32.2. The number of anilines is 1. The minimum absolute atomic E-state index is 0.0294. The molecule has 1 aliphatic rings. The largest absolute Gasteiger partial charge is 0.273 e. The summed E-state index contributed by atoms with van der Waals surface area (Å²) >= 11 is 0. The van der Waals surface area contributed by atoms with Crippen LogP contribution in [0.5, 0.6) is 0 Å². The van der Waals surface area contributed by atoms with Gasteiger partial charge in [0, 0.05) is 6.54 Å². The number of carbonyl (C=O) groups excluding carboxylic acids is 1. The van der Waals surface area contributed by atoms with E-state index in [9.17, 15) is 21.6 Å². The van der Waals surface area contributed by atoms with Crippen LogP contribution >= 0.6 is 0 Å². The Morgan fingerprint density at radius 2 is 1.86 bits per heavy atom. The topological polar surface area (TPSA) is 101 Å². The minimum atomic E-state index is -3.68. The van der Waals surface area contributed by atoms with Crippen molar-refractivity contribution in [2.45, 2.75) is 25.2 Å². The Bertz CT molecular complexity index is 769. The summed E-state index contributed by atoms with van der Waals surface area (Å²) in [4.78, 5) is 12.0. The molecule has 1 atom stereocenters. The van der Waals surface area contributed by atoms with Gasteiger partial charge >= 0.3 is 0 Å². The van der Waals surface area contributed by atoms with Crippen molar-refractivity contribution in [3.05, 3.63) is 24.3 Å². The average molecular weight is 346 g/mol. The maximum atomic E-state index is 12.0. The van der Waals surface area contributed by atoms with E-state index < -0.39 is 31.9 Å². The maximum absolute atomic E-state index is 12.0. The van der Waals surface area contributed by atoms with Crippen LogP contribution in [-0.2, 0) is 24.8 Å². The van der Waals surface area contributed by atoms with Gasteiger partial charge in [-0.1, -0.05) is 13.8 Å². The van der Waals surface area contributed by atoms with Crippen molar-refractivity contribution in [3.8, 4) is 0 Å². The van der Waals surface area contributed by atoms with E-state index in [0.29, 0.717) is 13.0 Å². The van der Waals surface area contributed by atoms with Crippen molar-refractivity contribution in [2.75, 3.05) is 16.6 Å². The molecule has 1 N–H and O–H groups in total. The van der Waals surface area contributed by atoms with Crippen LogP contribution in [0.1, 0.15) is 20.3 Å². The Morgan fingerprint density at radius 3 is 2.32 bits per heavy atom. The number of amides is 1. The average Bonchev–Trinajstić information content (AvgIpc) is 2.65. The molecule has 0 spiro atoms. The number of rotatable bonds is 5. The Labute approximate surface area is 130 Å². The van der Waals surface area contributed by atoms with Gasteiger partial charge < -0.3 is 0 Å². The van der Waals surface area contributed by atoms with Gasteiger partial charge in [-0.3, -0.25) is 4.79 Å². The Morgan fingerprint density at radius 1 is 1.27 bits per heavy atom. The summed E-state index contributed by atoms with van der Waals surface area (Å²) in [6.07, 6.45) is 0.662. The predicted molar refractivity (Wildman–Crippen MR) is 82.4 cm³/mol. The van der Waals surface area contributed by atoms with Crippen LogP contribution in [0.3, 0.4) is 0 Å². The van der Waals surface area contributed by atoms with E-state index in [1.807, 2.05) is 6.92 Å². The molecule has 1 amide bonds. The third-order valence-corrected chi connectivity index (χ3v) is 6.63. The highest BCUT2D eigenvalue weighted by Gasteiger charge is 2.41. The van der Waals surface area contributed by atoms with Crippen molar-refractivity contribution in [3.63, 3.8) is 0 Å². The second-order valence-electron chi connectivity index (χ2n) is 5.17. The molecule has 2 rings (SSSR count). The number of hydrogen-bond acceptors (Lipinski definition) is 5. The number of carbonyl (C=O) groups is 1. The molecule has 1 unspecified atom stereocenters. The SMILES string of the molecule is CCCNS(=O)(=O)c1ccc(N2C(=O)C(C)CS2(=O)=O)cc1. The fourth-order valence-corrected chi connectivity index (χ4v) is 5.12. The van der Waals surface area contributed by atoms with Gasteiger partial charge in [0.05, 0.1) is 22.3 Å². The van der Waals surface area contributed by atoms with E-state index in [1.54, 1.807) is 6.92 Å². The van der Waals surface area contributed by atoms with Crippen LogP contribution in [0.2, 0.25) is 0 Å². The summed E-state index contributed by atoms with van der Waals surface area (Å²) in [7, 11) is -7.30. The van der Waals surface area contributed by atoms with Gasteiger partial charge in [0.2, 0.25) is 26.0 Å². The van der Waals surface area contributed by atoms with Crippen molar-refractivity contribution in [2.24, 2.45) is 5.92 Å². The molecule has 0 saturated carbocycles. The molecule has 0 bridgehead atoms. The molecule has 1 heterocycles. The van der Waals surface area contributed by atoms with E-state index in [2.05, 4.69) is 4.72 Å². The number of nitrogens with one attached hydrogen (secondary N) is 1. The first kappa shape index (κ1) is 16.9. The summed E-state index contributed by atoms with van der Waals surface area (Å²) in [6.45, 7) is 3.71. The summed E-state index contributed by atoms with van der Waals surface area (Å²) in [5, 5.41) is 0. The molecule has 0 aromatic heterocycles. The second-order valence-corrected chi connectivity index (χ2v) is 8.80. The number of nitrogens with zero attached hydrogens (tertiary/aromatic N) is 1. The van der Waals surface area contributed by atoms with Gasteiger partial charge in [0.1, 0.15) is 0 Å². The molecule has 1 aliphatic heterocycles. The lowest BCUT2D eigenvalue weighted by molar-refractivity contribution is -0.119. The fourth-order valence-electron chi connectivity index (χ4n) is 2.17. The zero-order chi connectivity index (χ0) is 16.5. The smallest absolute Gasteiger partial charge is 0.244 e. The lowest BCUT2D eigenvalue weighted by Crippen LogP contribution is -2.30. The van der Waals surface area contributed by atoms with Gasteiger partial charge in [-0.2, -0.15) is 0 Å². The highest BCUT2D eigenvalue weighted by molar-refractivity contribution is 7.94. The van der Waals surface area contributed by atoms with Crippen molar-refractivity contribution >= 4 is 31.6 Å². The van der Waals surface area contributed by atoms with Crippen molar-refractivity contribution in [1.82, 2.24) is 4.72 Å². The van der Waals surface area contributed by atoms with Gasteiger partial charge in [0.15, 0.2) is 0 Å². The quantitative estimate of drug-likeness (QED) is 0.845. The predicted octanol–water partition coefficient (Wildman–Crippen LogP) is 0.687. The van der Waals surface area contributed by atoms with Crippen LogP contribution in [0.25, 0.3) is 0 Å². The van der Waals surface area contributed by atoms with Crippen molar-refractivity contribution in [1.29, 1.82) is 0 Å². The second kappa shape index (κ2) is 5.98. The lowest BCUT2D eigenvalue weighted by atomic mass is 10.2. The molecular formula is C13H18N2O5S2. The molecule has 1 aromatic rings. The third-order valence-electron chi connectivity index (χ3n) is 3.28. The van der Waals surface area contributed by atoms with Crippen LogP contribution < -0.4 is 9.03 Å². The van der Waals surface area contributed by atoms with Crippen LogP contribution in [-0.4, -0.2) is 35.0 Å². The van der Waals surface area contributed by atoms with Crippen LogP contribution in [0.15, 0.2) is 29.2 Å². The molecule has 1 saturated heterocycles. The first-order valence-electron chi connectivity index (χ1n) is 6.85. The number of benzene rings is 1. The Hall–Kier alpha value is -1.45. The molecule has 0 aliphatic carbocycles. The lowest BCUT2D eigenvalue weighted by Gasteiger charge is -2.15. The summed E-state index contributed by atoms with van der Waals surface area (Å²) in [6, 6.07) is 5.24. The molecular weight excluding hydrogens is 328 g/mol. The van der Waals surface area contributed by atoms with Gasteiger partial charge in [0.25, 0.3) is 0 Å². The summed E-state index contributed by atoms with van der Waals surface area (Å²) in [5.41, 5.74) is 0.156. The zero-order valence-corrected chi connectivity index (χ0v) is 13.9. The Kier molecular flexibility index (Phi) is 4.59. The molecule has 9 heteroatoms. The van der Waals surface area contributed by atoms with E-state index in [0.717, 1.165) is 4.31 Å². The van der Waals surface area contributed by atoms with Gasteiger partial charge in [-0.05, 0) is 30.7 Å². The van der Waals surface area contributed by atoms with E-state index in [-0.39, 0.29) is 16.3 Å². The van der Waals surface area contributed by atoms with Gasteiger partial charge in [-0.15, -0.1) is 0 Å². The molecule has 0 radical (unpaired) electrons. The highest BCUT2D eigenvalue weighted by Crippen LogP contribution is 2.28. The van der Waals surface area contributed by atoms with E-state index >= 15 is 0 Å². The molecule has 1 aromatic carbocycles. The van der Waals surface area contributed by atoms with E-state index in [4.69, 9.17) is 0 Å². The number of sulfonamides is 2. The third kappa shape index (κ3) is 3.16. The zero-order valence-electron chi connectivity index (χ0n) is 12.3. The summed E-state index contributed by atoms with van der Waals surface area (Å²) in [5.74, 6) is -1.33. The first-order chi connectivity index (χ1) is 10.2. The molecule has 22 heavy (non-hydrogen) atoms.